The zero-order valence-electron chi connectivity index (χ0n) is 22.4. The lowest BCUT2D eigenvalue weighted by Crippen LogP contribution is -2.08. The van der Waals surface area contributed by atoms with Crippen molar-refractivity contribution < 1.29 is 29.2 Å². The van der Waals surface area contributed by atoms with Crippen LogP contribution in [0.2, 0.25) is 0 Å². The minimum atomic E-state index is -1.04. The van der Waals surface area contributed by atoms with Crippen molar-refractivity contribution in [3.63, 3.8) is 0 Å². The Morgan fingerprint density at radius 2 is 1.44 bits per heavy atom. The SMILES string of the molecule is CCCc1c(OCCCOc2cc(O)c(-c3ccccc3)cc2CC)cccc1Oc1ccccc1C(=O)O. The molecule has 0 saturated heterocycles. The second-order valence-electron chi connectivity index (χ2n) is 9.13. The van der Waals surface area contributed by atoms with E-state index >= 15 is 0 Å². The van der Waals surface area contributed by atoms with Crippen LogP contribution in [0.4, 0.5) is 0 Å². The van der Waals surface area contributed by atoms with Crippen molar-refractivity contribution in [3.05, 3.63) is 102 Å². The first kappa shape index (κ1) is 27.6. The molecule has 0 aliphatic heterocycles. The van der Waals surface area contributed by atoms with E-state index in [1.807, 2.05) is 54.6 Å². The van der Waals surface area contributed by atoms with Crippen molar-refractivity contribution in [2.24, 2.45) is 0 Å². The van der Waals surface area contributed by atoms with Gasteiger partial charge >= 0.3 is 5.97 Å². The standard InChI is InChI=1S/C33H34O6/c1-3-12-25-29(17-10-18-30(25)39-31-16-9-8-15-26(31)33(35)36)37-19-11-20-38-32-22-28(34)27(21-23(32)4-2)24-13-6-5-7-14-24/h5-10,13-18,21-22,34H,3-4,11-12,19-20H2,1-2H3,(H,35,36). The van der Waals surface area contributed by atoms with Crippen LogP contribution in [-0.2, 0) is 12.8 Å². The highest BCUT2D eigenvalue weighted by molar-refractivity contribution is 5.91. The molecule has 0 aliphatic rings. The number of phenolic OH excluding ortho intramolecular Hbond substituents is 1. The Bertz CT molecular complexity index is 1400. The van der Waals surface area contributed by atoms with Crippen LogP contribution in [-0.4, -0.2) is 29.4 Å². The third kappa shape index (κ3) is 6.90. The molecule has 0 radical (unpaired) electrons. The van der Waals surface area contributed by atoms with Crippen LogP contribution in [0.25, 0.3) is 11.1 Å². The lowest BCUT2D eigenvalue weighted by atomic mass is 10.00. The Morgan fingerprint density at radius 1 is 0.769 bits per heavy atom. The molecule has 6 heteroatoms. The highest BCUT2D eigenvalue weighted by Gasteiger charge is 2.16. The molecule has 0 bridgehead atoms. The number of benzene rings is 4. The number of carboxylic acid groups (broad SMARTS) is 1. The van der Waals surface area contributed by atoms with Gasteiger partial charge in [0.1, 0.15) is 34.3 Å². The minimum Gasteiger partial charge on any atom is -0.507 e. The van der Waals surface area contributed by atoms with Gasteiger partial charge in [0.25, 0.3) is 0 Å². The molecule has 0 aromatic heterocycles. The van der Waals surface area contributed by atoms with Crippen molar-refractivity contribution in [3.8, 4) is 39.9 Å². The zero-order valence-corrected chi connectivity index (χ0v) is 22.4. The summed E-state index contributed by atoms with van der Waals surface area (Å²) in [5.74, 6) is 1.41. The fourth-order valence-corrected chi connectivity index (χ4v) is 4.42. The van der Waals surface area contributed by atoms with Gasteiger partial charge in [0.2, 0.25) is 0 Å². The van der Waals surface area contributed by atoms with E-state index in [0.29, 0.717) is 42.6 Å². The highest BCUT2D eigenvalue weighted by Crippen LogP contribution is 2.36. The van der Waals surface area contributed by atoms with Gasteiger partial charge in [-0.1, -0.05) is 68.8 Å². The second-order valence-corrected chi connectivity index (χ2v) is 9.13. The largest absolute Gasteiger partial charge is 0.507 e. The molecule has 0 amide bonds. The lowest BCUT2D eigenvalue weighted by Gasteiger charge is -2.17. The molecule has 0 spiro atoms. The molecular formula is C33H34O6. The van der Waals surface area contributed by atoms with Gasteiger partial charge in [-0.2, -0.15) is 0 Å². The van der Waals surface area contributed by atoms with E-state index < -0.39 is 5.97 Å². The number of hydrogen-bond donors (Lipinski definition) is 2. The van der Waals surface area contributed by atoms with Gasteiger partial charge in [-0.25, -0.2) is 4.79 Å². The predicted molar refractivity (Wildman–Crippen MR) is 152 cm³/mol. The number of aromatic hydroxyl groups is 1. The monoisotopic (exact) mass is 526 g/mol. The molecule has 4 aromatic carbocycles. The molecule has 2 N–H and O–H groups in total. The van der Waals surface area contributed by atoms with Gasteiger partial charge in [-0.3, -0.25) is 0 Å². The number of hydrogen-bond acceptors (Lipinski definition) is 5. The molecule has 4 rings (SSSR count). The number of aromatic carboxylic acids is 1. The van der Waals surface area contributed by atoms with Gasteiger partial charge < -0.3 is 24.4 Å². The van der Waals surface area contributed by atoms with Crippen LogP contribution >= 0.6 is 0 Å². The summed E-state index contributed by atoms with van der Waals surface area (Å²) in [6, 6.07) is 25.7. The van der Waals surface area contributed by atoms with E-state index in [4.69, 9.17) is 14.2 Å². The maximum Gasteiger partial charge on any atom is 0.339 e. The number of rotatable bonds is 13. The first-order valence-corrected chi connectivity index (χ1v) is 13.3. The Labute approximate surface area is 229 Å². The maximum absolute atomic E-state index is 11.6. The van der Waals surface area contributed by atoms with Gasteiger partial charge in [0.05, 0.1) is 13.2 Å². The van der Waals surface area contributed by atoms with Crippen LogP contribution in [0, 0.1) is 0 Å². The zero-order chi connectivity index (χ0) is 27.6. The molecule has 202 valence electrons. The number of carbonyl (C=O) groups is 1. The number of aryl methyl sites for hydroxylation is 1. The average molecular weight is 527 g/mol. The molecule has 0 saturated carbocycles. The van der Waals surface area contributed by atoms with Gasteiger partial charge in [0.15, 0.2) is 0 Å². The second kappa shape index (κ2) is 13.4. The van der Waals surface area contributed by atoms with Gasteiger partial charge in [-0.15, -0.1) is 0 Å². The summed E-state index contributed by atoms with van der Waals surface area (Å²) >= 11 is 0. The minimum absolute atomic E-state index is 0.109. The Balaban J connectivity index is 1.40. The van der Waals surface area contributed by atoms with Crippen LogP contribution < -0.4 is 14.2 Å². The van der Waals surface area contributed by atoms with E-state index in [2.05, 4.69) is 13.8 Å². The first-order valence-electron chi connectivity index (χ1n) is 13.3. The fraction of sp³-hybridized carbons (Fsp3) is 0.242. The summed E-state index contributed by atoms with van der Waals surface area (Å²) in [5.41, 5.74) is 3.79. The van der Waals surface area contributed by atoms with Crippen LogP contribution in [0.5, 0.6) is 28.7 Å². The van der Waals surface area contributed by atoms with E-state index in [1.54, 1.807) is 24.3 Å². The van der Waals surface area contributed by atoms with Crippen molar-refractivity contribution in [2.45, 2.75) is 39.5 Å². The summed E-state index contributed by atoms with van der Waals surface area (Å²) < 4.78 is 18.2. The normalized spacial score (nSPS) is 10.7. The van der Waals surface area contributed by atoms with Crippen LogP contribution in [0.3, 0.4) is 0 Å². The summed E-state index contributed by atoms with van der Waals surface area (Å²) in [5, 5.41) is 20.1. The van der Waals surface area contributed by atoms with Gasteiger partial charge in [-0.05, 0) is 54.3 Å². The van der Waals surface area contributed by atoms with Crippen molar-refractivity contribution in [1.29, 1.82) is 0 Å². The lowest BCUT2D eigenvalue weighted by molar-refractivity contribution is 0.0694. The average Bonchev–Trinajstić information content (AvgIpc) is 2.95. The quantitative estimate of drug-likeness (QED) is 0.172. The molecule has 4 aromatic rings. The van der Waals surface area contributed by atoms with E-state index in [9.17, 15) is 15.0 Å². The molecule has 39 heavy (non-hydrogen) atoms. The topological polar surface area (TPSA) is 85.2 Å². The van der Waals surface area contributed by atoms with Crippen LogP contribution in [0.15, 0.2) is 84.9 Å². The molecule has 0 unspecified atom stereocenters. The molecule has 6 nitrogen and oxygen atoms in total. The Hall–Kier alpha value is -4.45. The number of ether oxygens (including phenoxy) is 3. The summed E-state index contributed by atoms with van der Waals surface area (Å²) in [6.07, 6.45) is 3.03. The number of carboxylic acids is 1. The smallest absolute Gasteiger partial charge is 0.339 e. The van der Waals surface area contributed by atoms with Gasteiger partial charge in [0, 0.05) is 23.6 Å². The molecule has 0 aliphatic carbocycles. The predicted octanol–water partition coefficient (Wildman–Crippen LogP) is 7.91. The summed E-state index contributed by atoms with van der Waals surface area (Å²) in [4.78, 5) is 11.6. The summed E-state index contributed by atoms with van der Waals surface area (Å²) in [7, 11) is 0. The summed E-state index contributed by atoms with van der Waals surface area (Å²) in [6.45, 7) is 5.00. The Kier molecular flexibility index (Phi) is 9.46. The van der Waals surface area contributed by atoms with E-state index in [-0.39, 0.29) is 11.3 Å². The third-order valence-electron chi connectivity index (χ3n) is 6.38. The number of phenols is 1. The van der Waals surface area contributed by atoms with Crippen molar-refractivity contribution in [1.82, 2.24) is 0 Å². The molecule has 0 heterocycles. The van der Waals surface area contributed by atoms with Crippen LogP contribution in [0.1, 0.15) is 48.2 Å². The van der Waals surface area contributed by atoms with E-state index in [1.165, 1.54) is 6.07 Å². The fourth-order valence-electron chi connectivity index (χ4n) is 4.42. The number of para-hydroxylation sites is 1. The maximum atomic E-state index is 11.6. The van der Waals surface area contributed by atoms with Crippen molar-refractivity contribution in [2.75, 3.05) is 13.2 Å². The Morgan fingerprint density at radius 3 is 2.15 bits per heavy atom. The first-order chi connectivity index (χ1) is 19.0. The molecular weight excluding hydrogens is 492 g/mol. The third-order valence-corrected chi connectivity index (χ3v) is 6.38. The molecule has 0 fully saturated rings. The van der Waals surface area contributed by atoms with Crippen molar-refractivity contribution >= 4 is 5.97 Å². The highest BCUT2D eigenvalue weighted by atomic mass is 16.5. The molecule has 0 atom stereocenters. The van der Waals surface area contributed by atoms with E-state index in [0.717, 1.165) is 41.5 Å².